The van der Waals surface area contributed by atoms with Gasteiger partial charge in [-0.1, -0.05) is 49.9 Å². The summed E-state index contributed by atoms with van der Waals surface area (Å²) >= 11 is 5.90. The van der Waals surface area contributed by atoms with Crippen LogP contribution in [0.25, 0.3) is 0 Å². The number of halogens is 1. The number of hydrogen-bond acceptors (Lipinski definition) is 2. The molecule has 0 saturated carbocycles. The molecule has 0 heterocycles. The molecule has 3 heteroatoms. The van der Waals surface area contributed by atoms with Gasteiger partial charge in [0.05, 0.1) is 13.2 Å². The molecule has 0 fully saturated rings. The van der Waals surface area contributed by atoms with Crippen LogP contribution in [0, 0.1) is 0 Å². The fraction of sp³-hybridized carbons (Fsp3) is 0.600. The first-order chi connectivity index (χ1) is 8.83. The molecule has 18 heavy (non-hydrogen) atoms. The molecule has 0 aliphatic rings. The Hall–Kier alpha value is -0.570. The zero-order valence-electron chi connectivity index (χ0n) is 11.3. The van der Waals surface area contributed by atoms with Crippen molar-refractivity contribution < 1.29 is 4.74 Å². The predicted octanol–water partition coefficient (Wildman–Crippen LogP) is 4.03. The lowest BCUT2D eigenvalue weighted by Gasteiger charge is -2.06. The standard InChI is InChI=1S/C15H24ClNO/c1-2-3-4-5-9-17-10-11-18-13-14-7-6-8-15(16)12-14/h6-8,12,17H,2-5,9-11,13H2,1H3. The zero-order valence-corrected chi connectivity index (χ0v) is 12.0. The highest BCUT2D eigenvalue weighted by molar-refractivity contribution is 6.30. The first-order valence-corrected chi connectivity index (χ1v) is 7.23. The predicted molar refractivity (Wildman–Crippen MR) is 78.1 cm³/mol. The first-order valence-electron chi connectivity index (χ1n) is 6.86. The molecule has 0 unspecified atom stereocenters. The summed E-state index contributed by atoms with van der Waals surface area (Å²) in [5.74, 6) is 0. The van der Waals surface area contributed by atoms with E-state index in [1.54, 1.807) is 0 Å². The molecule has 0 saturated heterocycles. The van der Waals surface area contributed by atoms with Crippen LogP contribution in [0.5, 0.6) is 0 Å². The van der Waals surface area contributed by atoms with E-state index >= 15 is 0 Å². The molecular weight excluding hydrogens is 246 g/mol. The monoisotopic (exact) mass is 269 g/mol. The Morgan fingerprint density at radius 1 is 1.17 bits per heavy atom. The summed E-state index contributed by atoms with van der Waals surface area (Å²) in [4.78, 5) is 0. The Labute approximate surface area is 116 Å². The Balaban J connectivity index is 1.92. The normalized spacial score (nSPS) is 10.8. The van der Waals surface area contributed by atoms with Crippen molar-refractivity contribution in [3.8, 4) is 0 Å². The Kier molecular flexibility index (Phi) is 8.92. The number of benzene rings is 1. The summed E-state index contributed by atoms with van der Waals surface area (Å²) in [5.41, 5.74) is 1.13. The third-order valence-corrected chi connectivity index (χ3v) is 3.02. The third-order valence-electron chi connectivity index (χ3n) is 2.79. The van der Waals surface area contributed by atoms with E-state index in [4.69, 9.17) is 16.3 Å². The van der Waals surface area contributed by atoms with Gasteiger partial charge in [-0.25, -0.2) is 0 Å². The molecule has 0 aliphatic carbocycles. The molecule has 0 aromatic heterocycles. The fourth-order valence-corrected chi connectivity index (χ4v) is 1.98. The third kappa shape index (κ3) is 7.70. The van der Waals surface area contributed by atoms with Gasteiger partial charge < -0.3 is 10.1 Å². The average Bonchev–Trinajstić information content (AvgIpc) is 2.37. The van der Waals surface area contributed by atoms with Gasteiger partial charge in [-0.3, -0.25) is 0 Å². The fourth-order valence-electron chi connectivity index (χ4n) is 1.76. The molecular formula is C15H24ClNO. The minimum atomic E-state index is 0.637. The van der Waals surface area contributed by atoms with E-state index in [1.165, 1.54) is 25.7 Å². The maximum absolute atomic E-state index is 5.90. The van der Waals surface area contributed by atoms with Crippen LogP contribution in [-0.2, 0) is 11.3 Å². The lowest BCUT2D eigenvalue weighted by atomic mass is 10.2. The average molecular weight is 270 g/mol. The van der Waals surface area contributed by atoms with Gasteiger partial charge >= 0.3 is 0 Å². The van der Waals surface area contributed by atoms with Crippen LogP contribution in [0.4, 0.5) is 0 Å². The largest absolute Gasteiger partial charge is 0.375 e. The molecule has 0 aliphatic heterocycles. The highest BCUT2D eigenvalue weighted by Gasteiger charge is 1.94. The molecule has 0 amide bonds. The molecule has 1 aromatic carbocycles. The van der Waals surface area contributed by atoms with Crippen molar-refractivity contribution in [2.24, 2.45) is 0 Å². The lowest BCUT2D eigenvalue weighted by Crippen LogP contribution is -2.20. The van der Waals surface area contributed by atoms with E-state index in [2.05, 4.69) is 12.2 Å². The van der Waals surface area contributed by atoms with Crippen molar-refractivity contribution in [2.75, 3.05) is 19.7 Å². The maximum Gasteiger partial charge on any atom is 0.0718 e. The van der Waals surface area contributed by atoms with Crippen molar-refractivity contribution in [3.63, 3.8) is 0 Å². The number of hydrogen-bond donors (Lipinski definition) is 1. The summed E-state index contributed by atoms with van der Waals surface area (Å²) in [6.45, 7) is 5.64. The van der Waals surface area contributed by atoms with E-state index < -0.39 is 0 Å². The van der Waals surface area contributed by atoms with Crippen LogP contribution in [-0.4, -0.2) is 19.7 Å². The van der Waals surface area contributed by atoms with Gasteiger partial charge in [0, 0.05) is 11.6 Å². The minimum absolute atomic E-state index is 0.637. The molecule has 1 aromatic rings. The zero-order chi connectivity index (χ0) is 13.1. The topological polar surface area (TPSA) is 21.3 Å². The van der Waals surface area contributed by atoms with Crippen LogP contribution in [0.1, 0.15) is 38.2 Å². The number of rotatable bonds is 10. The van der Waals surface area contributed by atoms with Gasteiger partial charge in [-0.15, -0.1) is 0 Å². The smallest absolute Gasteiger partial charge is 0.0718 e. The highest BCUT2D eigenvalue weighted by Crippen LogP contribution is 2.11. The van der Waals surface area contributed by atoms with Gasteiger partial charge in [0.25, 0.3) is 0 Å². The van der Waals surface area contributed by atoms with Gasteiger partial charge in [-0.2, -0.15) is 0 Å². The summed E-state index contributed by atoms with van der Waals surface area (Å²) in [6.07, 6.45) is 5.23. The molecule has 102 valence electrons. The van der Waals surface area contributed by atoms with E-state index in [1.807, 2.05) is 24.3 Å². The Morgan fingerprint density at radius 3 is 2.83 bits per heavy atom. The molecule has 0 radical (unpaired) electrons. The maximum atomic E-state index is 5.90. The number of nitrogens with one attached hydrogen (secondary N) is 1. The summed E-state index contributed by atoms with van der Waals surface area (Å²) in [6, 6.07) is 7.81. The Bertz CT molecular complexity index is 317. The van der Waals surface area contributed by atoms with E-state index in [-0.39, 0.29) is 0 Å². The van der Waals surface area contributed by atoms with Crippen molar-refractivity contribution in [3.05, 3.63) is 34.9 Å². The van der Waals surface area contributed by atoms with Crippen molar-refractivity contribution >= 4 is 11.6 Å². The molecule has 2 nitrogen and oxygen atoms in total. The quantitative estimate of drug-likeness (QED) is 0.648. The van der Waals surface area contributed by atoms with Crippen LogP contribution in [0.3, 0.4) is 0 Å². The highest BCUT2D eigenvalue weighted by atomic mass is 35.5. The molecule has 0 atom stereocenters. The van der Waals surface area contributed by atoms with E-state index in [9.17, 15) is 0 Å². The van der Waals surface area contributed by atoms with Crippen molar-refractivity contribution in [2.45, 2.75) is 39.2 Å². The van der Waals surface area contributed by atoms with Crippen LogP contribution in [0.2, 0.25) is 5.02 Å². The summed E-state index contributed by atoms with van der Waals surface area (Å²) in [5, 5.41) is 4.16. The van der Waals surface area contributed by atoms with Crippen molar-refractivity contribution in [1.29, 1.82) is 0 Å². The molecule has 1 rings (SSSR count). The summed E-state index contributed by atoms with van der Waals surface area (Å²) < 4.78 is 5.58. The SMILES string of the molecule is CCCCCCNCCOCc1cccc(Cl)c1. The second kappa shape index (κ2) is 10.4. The number of unbranched alkanes of at least 4 members (excludes halogenated alkanes) is 3. The van der Waals surface area contributed by atoms with E-state index in [0.29, 0.717) is 6.61 Å². The van der Waals surface area contributed by atoms with Crippen LogP contribution < -0.4 is 5.32 Å². The van der Waals surface area contributed by atoms with Gasteiger partial charge in [-0.05, 0) is 30.7 Å². The minimum Gasteiger partial charge on any atom is -0.375 e. The Morgan fingerprint density at radius 2 is 2.06 bits per heavy atom. The first kappa shape index (κ1) is 15.5. The molecule has 0 spiro atoms. The summed E-state index contributed by atoms with van der Waals surface area (Å²) in [7, 11) is 0. The molecule has 1 N–H and O–H groups in total. The number of ether oxygens (including phenoxy) is 1. The van der Waals surface area contributed by atoms with Gasteiger partial charge in [0.15, 0.2) is 0 Å². The van der Waals surface area contributed by atoms with E-state index in [0.717, 1.165) is 30.3 Å². The van der Waals surface area contributed by atoms with Crippen LogP contribution in [0.15, 0.2) is 24.3 Å². The lowest BCUT2D eigenvalue weighted by molar-refractivity contribution is 0.123. The van der Waals surface area contributed by atoms with Gasteiger partial charge in [0.1, 0.15) is 0 Å². The van der Waals surface area contributed by atoms with Gasteiger partial charge in [0.2, 0.25) is 0 Å². The van der Waals surface area contributed by atoms with Crippen molar-refractivity contribution in [1.82, 2.24) is 5.32 Å². The van der Waals surface area contributed by atoms with Crippen LogP contribution >= 0.6 is 11.6 Å². The second-order valence-electron chi connectivity index (χ2n) is 4.49. The second-order valence-corrected chi connectivity index (χ2v) is 4.93. The molecule has 0 bridgehead atoms.